The summed E-state index contributed by atoms with van der Waals surface area (Å²) in [7, 11) is 0. The Kier molecular flexibility index (Phi) is 10.8. The van der Waals surface area contributed by atoms with Crippen LogP contribution < -0.4 is 16.4 Å². The number of hydrogen-bond acceptors (Lipinski definition) is 4. The van der Waals surface area contributed by atoms with Crippen molar-refractivity contribution in [3.8, 4) is 0 Å². The number of amides is 2. The number of halogens is 1. The summed E-state index contributed by atoms with van der Waals surface area (Å²) in [4.78, 5) is 25.1. The number of nitrogens with two attached hydrogens (primary N) is 1. The average Bonchev–Trinajstić information content (AvgIpc) is 2.57. The molecule has 0 bridgehead atoms. The summed E-state index contributed by atoms with van der Waals surface area (Å²) in [6.07, 6.45) is 1.60. The third-order valence-corrected chi connectivity index (χ3v) is 5.02. The molecule has 142 valence electrons. The lowest BCUT2D eigenvalue weighted by atomic mass is 9.94. The highest BCUT2D eigenvalue weighted by molar-refractivity contribution is 8.00. The minimum absolute atomic E-state index is 0. The van der Waals surface area contributed by atoms with Crippen LogP contribution >= 0.6 is 24.2 Å². The van der Waals surface area contributed by atoms with Gasteiger partial charge in [0.25, 0.3) is 5.91 Å². The SMILES string of the molecule is CCC(N)(CC)CNC(=O)c1ccccc1SCC(=O)NC(C)C.Cl. The molecule has 0 saturated heterocycles. The average molecular weight is 388 g/mol. The van der Waals surface area contributed by atoms with E-state index in [2.05, 4.69) is 10.6 Å². The minimum atomic E-state index is -0.380. The van der Waals surface area contributed by atoms with Crippen LogP contribution in [0.4, 0.5) is 0 Å². The molecule has 0 spiro atoms. The Morgan fingerprint density at radius 2 is 1.80 bits per heavy atom. The van der Waals surface area contributed by atoms with Gasteiger partial charge in [-0.1, -0.05) is 26.0 Å². The van der Waals surface area contributed by atoms with E-state index in [1.54, 1.807) is 6.07 Å². The van der Waals surface area contributed by atoms with E-state index in [0.29, 0.717) is 12.1 Å². The monoisotopic (exact) mass is 387 g/mol. The molecular formula is C18H30ClN3O2S. The van der Waals surface area contributed by atoms with Crippen LogP contribution in [-0.2, 0) is 4.79 Å². The Morgan fingerprint density at radius 1 is 1.20 bits per heavy atom. The van der Waals surface area contributed by atoms with Gasteiger partial charge in [0.1, 0.15) is 0 Å². The van der Waals surface area contributed by atoms with Crippen molar-refractivity contribution in [3.63, 3.8) is 0 Å². The van der Waals surface area contributed by atoms with E-state index in [1.165, 1.54) is 11.8 Å². The van der Waals surface area contributed by atoms with Crippen molar-refractivity contribution < 1.29 is 9.59 Å². The molecule has 25 heavy (non-hydrogen) atoms. The third-order valence-electron chi connectivity index (χ3n) is 3.95. The molecule has 0 fully saturated rings. The van der Waals surface area contributed by atoms with Gasteiger partial charge >= 0.3 is 0 Å². The van der Waals surface area contributed by atoms with Gasteiger partial charge in [0.05, 0.1) is 11.3 Å². The number of nitrogens with one attached hydrogen (secondary N) is 2. The molecular weight excluding hydrogens is 358 g/mol. The van der Waals surface area contributed by atoms with Crippen LogP contribution in [0.25, 0.3) is 0 Å². The summed E-state index contributed by atoms with van der Waals surface area (Å²) in [6.45, 7) is 8.32. The smallest absolute Gasteiger partial charge is 0.252 e. The normalized spacial score (nSPS) is 11.0. The molecule has 0 aliphatic heterocycles. The molecule has 1 aromatic carbocycles. The third kappa shape index (κ3) is 8.12. The van der Waals surface area contributed by atoms with E-state index >= 15 is 0 Å². The zero-order valence-corrected chi connectivity index (χ0v) is 17.1. The fourth-order valence-electron chi connectivity index (χ4n) is 2.14. The first-order valence-electron chi connectivity index (χ1n) is 8.39. The molecule has 1 rings (SSSR count). The Balaban J connectivity index is 0.00000576. The molecule has 1 aromatic rings. The van der Waals surface area contributed by atoms with E-state index in [9.17, 15) is 9.59 Å². The number of benzene rings is 1. The molecule has 4 N–H and O–H groups in total. The fourth-order valence-corrected chi connectivity index (χ4v) is 3.00. The summed E-state index contributed by atoms with van der Waals surface area (Å²) in [5, 5.41) is 5.77. The van der Waals surface area contributed by atoms with Gasteiger partial charge < -0.3 is 16.4 Å². The van der Waals surface area contributed by atoms with Crippen molar-refractivity contribution in [3.05, 3.63) is 29.8 Å². The van der Waals surface area contributed by atoms with Gasteiger partial charge in [-0.2, -0.15) is 0 Å². The van der Waals surface area contributed by atoms with Gasteiger partial charge in [0.15, 0.2) is 0 Å². The van der Waals surface area contributed by atoms with Crippen LogP contribution in [0.15, 0.2) is 29.2 Å². The number of carbonyl (C=O) groups is 2. The largest absolute Gasteiger partial charge is 0.353 e. The molecule has 0 atom stereocenters. The summed E-state index contributed by atoms with van der Waals surface area (Å²) in [6, 6.07) is 7.43. The van der Waals surface area contributed by atoms with Crippen LogP contribution in [0.3, 0.4) is 0 Å². The molecule has 7 heteroatoms. The summed E-state index contributed by atoms with van der Waals surface area (Å²) in [5.74, 6) is 0.0926. The molecule has 0 unspecified atom stereocenters. The molecule has 0 aromatic heterocycles. The molecule has 2 amide bonds. The maximum Gasteiger partial charge on any atom is 0.252 e. The van der Waals surface area contributed by atoms with Gasteiger partial charge in [-0.3, -0.25) is 9.59 Å². The van der Waals surface area contributed by atoms with Crippen LogP contribution in [0.2, 0.25) is 0 Å². The number of thioether (sulfide) groups is 1. The Labute approximate surface area is 161 Å². The highest BCUT2D eigenvalue weighted by atomic mass is 35.5. The Morgan fingerprint density at radius 3 is 2.36 bits per heavy atom. The lowest BCUT2D eigenvalue weighted by Crippen LogP contribution is -2.49. The Hall–Kier alpha value is -1.24. The lowest BCUT2D eigenvalue weighted by Gasteiger charge is -2.27. The lowest BCUT2D eigenvalue weighted by molar-refractivity contribution is -0.119. The maximum atomic E-state index is 12.5. The van der Waals surface area contributed by atoms with E-state index in [-0.39, 0.29) is 41.6 Å². The van der Waals surface area contributed by atoms with Gasteiger partial charge in [-0.25, -0.2) is 0 Å². The standard InChI is InChI=1S/C18H29N3O2S.ClH/c1-5-18(19,6-2)12-20-17(23)14-9-7-8-10-15(14)24-11-16(22)21-13(3)4;/h7-10,13H,5-6,11-12,19H2,1-4H3,(H,20,23)(H,21,22);1H. The predicted octanol–water partition coefficient (Wildman–Crippen LogP) is 2.97. The topological polar surface area (TPSA) is 84.2 Å². The molecule has 0 radical (unpaired) electrons. The zero-order chi connectivity index (χ0) is 18.2. The first-order valence-corrected chi connectivity index (χ1v) is 9.38. The number of carbonyl (C=O) groups excluding carboxylic acids is 2. The van der Waals surface area contributed by atoms with Crippen molar-refractivity contribution in [2.24, 2.45) is 5.73 Å². The van der Waals surface area contributed by atoms with E-state index in [4.69, 9.17) is 5.73 Å². The van der Waals surface area contributed by atoms with Crippen molar-refractivity contribution in [1.29, 1.82) is 0 Å². The predicted molar refractivity (Wildman–Crippen MR) is 108 cm³/mol. The summed E-state index contributed by atoms with van der Waals surface area (Å²) < 4.78 is 0. The summed E-state index contributed by atoms with van der Waals surface area (Å²) in [5.41, 5.74) is 6.43. The quantitative estimate of drug-likeness (QED) is 0.569. The highest BCUT2D eigenvalue weighted by Crippen LogP contribution is 2.22. The fraction of sp³-hybridized carbons (Fsp3) is 0.556. The molecule has 0 aliphatic rings. The van der Waals surface area contributed by atoms with Crippen LogP contribution in [-0.4, -0.2) is 35.7 Å². The zero-order valence-electron chi connectivity index (χ0n) is 15.4. The van der Waals surface area contributed by atoms with Gasteiger partial charge in [0.2, 0.25) is 5.91 Å². The Bertz CT molecular complexity index is 563. The van der Waals surface area contributed by atoms with E-state index in [1.807, 2.05) is 45.9 Å². The van der Waals surface area contributed by atoms with E-state index in [0.717, 1.165) is 17.7 Å². The van der Waals surface area contributed by atoms with Crippen molar-refractivity contribution >= 4 is 36.0 Å². The second-order valence-corrected chi connectivity index (χ2v) is 7.28. The van der Waals surface area contributed by atoms with Gasteiger partial charge in [-0.05, 0) is 38.8 Å². The van der Waals surface area contributed by atoms with E-state index < -0.39 is 0 Å². The minimum Gasteiger partial charge on any atom is -0.353 e. The van der Waals surface area contributed by atoms with Crippen LogP contribution in [0.1, 0.15) is 50.9 Å². The van der Waals surface area contributed by atoms with Crippen LogP contribution in [0, 0.1) is 0 Å². The maximum absolute atomic E-state index is 12.5. The number of hydrogen-bond donors (Lipinski definition) is 3. The highest BCUT2D eigenvalue weighted by Gasteiger charge is 2.22. The molecule has 0 aliphatic carbocycles. The van der Waals surface area contributed by atoms with Crippen molar-refractivity contribution in [1.82, 2.24) is 10.6 Å². The summed E-state index contributed by atoms with van der Waals surface area (Å²) >= 11 is 1.37. The first-order chi connectivity index (χ1) is 11.3. The van der Waals surface area contributed by atoms with Gasteiger partial charge in [-0.15, -0.1) is 24.2 Å². The molecule has 0 heterocycles. The molecule has 0 saturated carbocycles. The second-order valence-electron chi connectivity index (χ2n) is 6.26. The molecule has 5 nitrogen and oxygen atoms in total. The van der Waals surface area contributed by atoms with Crippen molar-refractivity contribution in [2.45, 2.75) is 57.0 Å². The second kappa shape index (κ2) is 11.4. The van der Waals surface area contributed by atoms with Crippen LogP contribution in [0.5, 0.6) is 0 Å². The van der Waals surface area contributed by atoms with Crippen molar-refractivity contribution in [2.75, 3.05) is 12.3 Å². The first kappa shape index (κ1) is 23.8. The van der Waals surface area contributed by atoms with Gasteiger partial charge in [0, 0.05) is 23.0 Å². The number of rotatable bonds is 9.